The predicted molar refractivity (Wildman–Crippen MR) is 107 cm³/mol. The third-order valence-corrected chi connectivity index (χ3v) is 4.53. The molecular weight excluding hydrogens is 354 g/mol. The highest BCUT2D eigenvalue weighted by atomic mass is 16.4. The van der Waals surface area contributed by atoms with Gasteiger partial charge in [-0.15, -0.1) is 0 Å². The number of aliphatic carboxylic acids is 1. The Morgan fingerprint density at radius 1 is 1.04 bits per heavy atom. The predicted octanol–water partition coefficient (Wildman–Crippen LogP) is 3.35. The molecule has 0 saturated heterocycles. The zero-order chi connectivity index (χ0) is 20.3. The van der Waals surface area contributed by atoms with Crippen LogP contribution in [0.25, 0.3) is 11.0 Å². The standard InChI is InChI=1S/C22H23N3O3/c1-22(2,3)15-10-8-14(9-11-15)20(26)25-19(21(27)28)12-16-13-23-17-6-4-5-7-18(17)24-16/h4-11,13,19H,12H2,1-3H3,(H,25,26)(H,27,28)/t19-/m0/s1. The fraction of sp³-hybridized carbons (Fsp3) is 0.273. The fourth-order valence-corrected chi connectivity index (χ4v) is 2.87. The van der Waals surface area contributed by atoms with E-state index in [-0.39, 0.29) is 11.8 Å². The molecule has 2 N–H and O–H groups in total. The SMILES string of the molecule is CC(C)(C)c1ccc(C(=O)N[C@@H](Cc2cnc3ccccc3n2)C(=O)O)cc1. The van der Waals surface area contributed by atoms with Crippen molar-refractivity contribution in [2.75, 3.05) is 0 Å². The van der Waals surface area contributed by atoms with Gasteiger partial charge in [0.15, 0.2) is 0 Å². The lowest BCUT2D eigenvalue weighted by Gasteiger charge is -2.19. The maximum absolute atomic E-state index is 12.5. The molecule has 0 aliphatic rings. The summed E-state index contributed by atoms with van der Waals surface area (Å²) in [6.07, 6.45) is 1.60. The number of fused-ring (bicyclic) bond motifs is 1. The van der Waals surface area contributed by atoms with Crippen molar-refractivity contribution in [3.05, 3.63) is 71.5 Å². The summed E-state index contributed by atoms with van der Waals surface area (Å²) in [5.74, 6) is -1.55. The molecule has 0 radical (unpaired) electrons. The van der Waals surface area contributed by atoms with Crippen LogP contribution in [0.15, 0.2) is 54.7 Å². The molecule has 0 unspecified atom stereocenters. The molecule has 0 aliphatic heterocycles. The Morgan fingerprint density at radius 2 is 1.68 bits per heavy atom. The molecule has 0 fully saturated rings. The lowest BCUT2D eigenvalue weighted by molar-refractivity contribution is -0.139. The number of para-hydroxylation sites is 2. The first-order valence-corrected chi connectivity index (χ1v) is 9.09. The van der Waals surface area contributed by atoms with Gasteiger partial charge in [0.2, 0.25) is 0 Å². The molecule has 1 atom stereocenters. The maximum atomic E-state index is 12.5. The van der Waals surface area contributed by atoms with Crippen LogP contribution in [-0.2, 0) is 16.6 Å². The van der Waals surface area contributed by atoms with Gasteiger partial charge in [-0.1, -0.05) is 45.0 Å². The van der Waals surface area contributed by atoms with Gasteiger partial charge in [0.1, 0.15) is 6.04 Å². The van der Waals surface area contributed by atoms with E-state index in [1.807, 2.05) is 36.4 Å². The van der Waals surface area contributed by atoms with Crippen LogP contribution >= 0.6 is 0 Å². The second-order valence-electron chi connectivity index (χ2n) is 7.75. The number of carboxylic acid groups (broad SMARTS) is 1. The van der Waals surface area contributed by atoms with E-state index in [1.54, 1.807) is 18.3 Å². The van der Waals surface area contributed by atoms with E-state index in [2.05, 4.69) is 36.1 Å². The Balaban J connectivity index is 1.75. The van der Waals surface area contributed by atoms with E-state index in [0.29, 0.717) is 16.8 Å². The Labute approximate surface area is 163 Å². The number of carbonyl (C=O) groups is 2. The first-order chi connectivity index (χ1) is 13.2. The van der Waals surface area contributed by atoms with E-state index < -0.39 is 17.9 Å². The number of hydrogen-bond acceptors (Lipinski definition) is 4. The normalized spacial score (nSPS) is 12.5. The van der Waals surface area contributed by atoms with Gasteiger partial charge >= 0.3 is 5.97 Å². The highest BCUT2D eigenvalue weighted by molar-refractivity contribution is 5.96. The number of rotatable bonds is 5. The second kappa shape index (κ2) is 7.76. The van der Waals surface area contributed by atoms with Crippen molar-refractivity contribution in [3.63, 3.8) is 0 Å². The highest BCUT2D eigenvalue weighted by Gasteiger charge is 2.22. The quantitative estimate of drug-likeness (QED) is 0.711. The molecule has 0 spiro atoms. The average molecular weight is 377 g/mol. The summed E-state index contributed by atoms with van der Waals surface area (Å²) >= 11 is 0. The molecule has 1 heterocycles. The van der Waals surface area contributed by atoms with Gasteiger partial charge < -0.3 is 10.4 Å². The molecule has 28 heavy (non-hydrogen) atoms. The third-order valence-electron chi connectivity index (χ3n) is 4.53. The first-order valence-electron chi connectivity index (χ1n) is 9.09. The molecule has 6 heteroatoms. The third kappa shape index (κ3) is 4.52. The molecule has 3 aromatic rings. The molecule has 3 rings (SSSR count). The van der Waals surface area contributed by atoms with Crippen LogP contribution in [0, 0.1) is 0 Å². The second-order valence-corrected chi connectivity index (χ2v) is 7.75. The van der Waals surface area contributed by atoms with Crippen LogP contribution in [-0.4, -0.2) is 33.0 Å². The van der Waals surface area contributed by atoms with Gasteiger partial charge in [-0.25, -0.2) is 9.78 Å². The Hall–Kier alpha value is -3.28. The number of nitrogens with one attached hydrogen (secondary N) is 1. The number of aromatic nitrogens is 2. The van der Waals surface area contributed by atoms with Gasteiger partial charge in [0.05, 0.1) is 16.7 Å². The molecule has 1 aromatic heterocycles. The molecule has 0 bridgehead atoms. The minimum absolute atomic E-state index is 0.0205. The largest absolute Gasteiger partial charge is 0.480 e. The molecule has 0 aliphatic carbocycles. The summed E-state index contributed by atoms with van der Waals surface area (Å²) < 4.78 is 0. The maximum Gasteiger partial charge on any atom is 0.326 e. The van der Waals surface area contributed by atoms with Crippen LogP contribution in [0.3, 0.4) is 0 Å². The zero-order valence-corrected chi connectivity index (χ0v) is 16.1. The lowest BCUT2D eigenvalue weighted by Crippen LogP contribution is -2.42. The van der Waals surface area contributed by atoms with Crippen molar-refractivity contribution >= 4 is 22.9 Å². The summed E-state index contributed by atoms with van der Waals surface area (Å²) in [4.78, 5) is 32.9. The summed E-state index contributed by atoms with van der Waals surface area (Å²) in [6.45, 7) is 6.27. The number of amides is 1. The van der Waals surface area contributed by atoms with Crippen molar-refractivity contribution in [2.24, 2.45) is 0 Å². The molecular formula is C22H23N3O3. The van der Waals surface area contributed by atoms with E-state index in [9.17, 15) is 14.7 Å². The van der Waals surface area contributed by atoms with Crippen molar-refractivity contribution in [1.29, 1.82) is 0 Å². The van der Waals surface area contributed by atoms with Crippen LogP contribution in [0.1, 0.15) is 42.4 Å². The van der Waals surface area contributed by atoms with Crippen molar-refractivity contribution < 1.29 is 14.7 Å². The minimum Gasteiger partial charge on any atom is -0.480 e. The monoisotopic (exact) mass is 377 g/mol. The van der Waals surface area contributed by atoms with Gasteiger partial charge in [-0.3, -0.25) is 9.78 Å². The van der Waals surface area contributed by atoms with Gasteiger partial charge in [-0.2, -0.15) is 0 Å². The summed E-state index contributed by atoms with van der Waals surface area (Å²) in [5.41, 5.74) is 3.44. The van der Waals surface area contributed by atoms with Crippen LogP contribution in [0.5, 0.6) is 0 Å². The summed E-state index contributed by atoms with van der Waals surface area (Å²) in [5, 5.41) is 12.1. The van der Waals surface area contributed by atoms with Crippen LogP contribution in [0.2, 0.25) is 0 Å². The Morgan fingerprint density at radius 3 is 2.29 bits per heavy atom. The smallest absolute Gasteiger partial charge is 0.326 e. The fourth-order valence-electron chi connectivity index (χ4n) is 2.87. The number of hydrogen-bond donors (Lipinski definition) is 2. The molecule has 6 nitrogen and oxygen atoms in total. The van der Waals surface area contributed by atoms with Crippen LogP contribution < -0.4 is 5.32 Å². The number of benzene rings is 2. The van der Waals surface area contributed by atoms with Crippen molar-refractivity contribution in [1.82, 2.24) is 15.3 Å². The first kappa shape index (κ1) is 19.5. The lowest BCUT2D eigenvalue weighted by atomic mass is 9.86. The topological polar surface area (TPSA) is 92.2 Å². The molecule has 0 saturated carbocycles. The van der Waals surface area contributed by atoms with Crippen LogP contribution in [0.4, 0.5) is 0 Å². The summed E-state index contributed by atoms with van der Waals surface area (Å²) in [7, 11) is 0. The minimum atomic E-state index is -1.12. The van der Waals surface area contributed by atoms with Crippen molar-refractivity contribution in [3.8, 4) is 0 Å². The molecule has 1 amide bonds. The number of carboxylic acids is 1. The Bertz CT molecular complexity index is 1010. The Kier molecular flexibility index (Phi) is 5.40. The van der Waals surface area contributed by atoms with E-state index in [0.717, 1.165) is 11.1 Å². The average Bonchev–Trinajstić information content (AvgIpc) is 2.66. The highest BCUT2D eigenvalue weighted by Crippen LogP contribution is 2.22. The number of nitrogens with zero attached hydrogens (tertiary/aromatic N) is 2. The summed E-state index contributed by atoms with van der Waals surface area (Å²) in [6, 6.07) is 13.5. The zero-order valence-electron chi connectivity index (χ0n) is 16.1. The van der Waals surface area contributed by atoms with Gasteiger partial charge in [-0.05, 0) is 35.2 Å². The molecule has 2 aromatic carbocycles. The van der Waals surface area contributed by atoms with Gasteiger partial charge in [0.25, 0.3) is 5.91 Å². The molecule has 144 valence electrons. The number of carbonyl (C=O) groups excluding carboxylic acids is 1. The van der Waals surface area contributed by atoms with E-state index in [1.165, 1.54) is 0 Å². The van der Waals surface area contributed by atoms with E-state index in [4.69, 9.17) is 0 Å². The van der Waals surface area contributed by atoms with E-state index >= 15 is 0 Å². The van der Waals surface area contributed by atoms with Crippen molar-refractivity contribution in [2.45, 2.75) is 38.6 Å². The van der Waals surface area contributed by atoms with Gasteiger partial charge in [0, 0.05) is 18.2 Å².